The summed E-state index contributed by atoms with van der Waals surface area (Å²) in [6.45, 7) is 5.23. The molecule has 6 nitrogen and oxygen atoms in total. The third kappa shape index (κ3) is 4.42. The van der Waals surface area contributed by atoms with Crippen molar-refractivity contribution in [3.63, 3.8) is 0 Å². The summed E-state index contributed by atoms with van der Waals surface area (Å²) in [6, 6.07) is -0.266. The lowest BCUT2D eigenvalue weighted by molar-refractivity contribution is -0.121. The first-order valence-electron chi connectivity index (χ1n) is 5.73. The lowest BCUT2D eigenvalue weighted by atomic mass is 10.3. The van der Waals surface area contributed by atoms with Gasteiger partial charge < -0.3 is 15.7 Å². The molecule has 1 amide bonds. The van der Waals surface area contributed by atoms with Crippen molar-refractivity contribution in [1.82, 2.24) is 15.6 Å². The van der Waals surface area contributed by atoms with E-state index in [0.717, 1.165) is 6.54 Å². The molecule has 100 valence electrons. The molecule has 0 spiro atoms. The second-order valence-electron chi connectivity index (χ2n) is 3.77. The summed E-state index contributed by atoms with van der Waals surface area (Å²) in [5.41, 5.74) is 0.0174. The Morgan fingerprint density at radius 2 is 2.28 bits per heavy atom. The van der Waals surface area contributed by atoms with Crippen molar-refractivity contribution in [3.05, 3.63) is 16.1 Å². The van der Waals surface area contributed by atoms with Crippen LogP contribution in [0.1, 0.15) is 41.8 Å². The summed E-state index contributed by atoms with van der Waals surface area (Å²) in [4.78, 5) is 26.2. The number of hydrogen-bond donors (Lipinski definition) is 3. The maximum absolute atomic E-state index is 11.6. The smallest absolute Gasteiger partial charge is 0.355 e. The quantitative estimate of drug-likeness (QED) is 0.644. The topological polar surface area (TPSA) is 91.3 Å². The van der Waals surface area contributed by atoms with E-state index in [9.17, 15) is 9.59 Å². The van der Waals surface area contributed by atoms with Crippen LogP contribution in [-0.2, 0) is 4.79 Å². The Morgan fingerprint density at radius 1 is 1.56 bits per heavy atom. The van der Waals surface area contributed by atoms with Crippen molar-refractivity contribution >= 4 is 23.2 Å². The molecule has 1 rings (SSSR count). The van der Waals surface area contributed by atoms with Crippen molar-refractivity contribution in [1.29, 1.82) is 0 Å². The van der Waals surface area contributed by atoms with Crippen molar-refractivity contribution in [2.24, 2.45) is 0 Å². The minimum absolute atomic E-state index is 0.0174. The van der Waals surface area contributed by atoms with Crippen LogP contribution in [0, 0.1) is 0 Å². The average Bonchev–Trinajstić information content (AvgIpc) is 2.78. The van der Waals surface area contributed by atoms with Crippen molar-refractivity contribution in [2.45, 2.75) is 26.3 Å². The molecule has 0 bridgehead atoms. The number of aromatic carboxylic acids is 1. The van der Waals surface area contributed by atoms with Gasteiger partial charge in [0.15, 0.2) is 5.69 Å². The van der Waals surface area contributed by atoms with Gasteiger partial charge in [-0.1, -0.05) is 6.92 Å². The van der Waals surface area contributed by atoms with Gasteiger partial charge in [-0.15, -0.1) is 11.3 Å². The molecule has 1 heterocycles. The van der Waals surface area contributed by atoms with E-state index in [1.54, 1.807) is 6.92 Å². The molecule has 1 aromatic rings. The molecule has 0 aromatic carbocycles. The summed E-state index contributed by atoms with van der Waals surface area (Å²) in [6.07, 6.45) is 0.398. The SMILES string of the molecule is CCNCCC(=O)NC(C)c1nc(C(=O)O)cs1. The van der Waals surface area contributed by atoms with Crippen LogP contribution in [0.2, 0.25) is 0 Å². The van der Waals surface area contributed by atoms with Gasteiger partial charge in [-0.05, 0) is 13.5 Å². The van der Waals surface area contributed by atoms with E-state index < -0.39 is 5.97 Å². The van der Waals surface area contributed by atoms with E-state index in [4.69, 9.17) is 5.11 Å². The predicted octanol–water partition coefficient (Wildman–Crippen LogP) is 1.02. The minimum atomic E-state index is -1.05. The van der Waals surface area contributed by atoms with Crippen LogP contribution in [-0.4, -0.2) is 35.1 Å². The fourth-order valence-electron chi connectivity index (χ4n) is 1.34. The summed E-state index contributed by atoms with van der Waals surface area (Å²) in [7, 11) is 0. The third-order valence-corrected chi connectivity index (χ3v) is 3.30. The Bertz CT molecular complexity index is 419. The molecule has 18 heavy (non-hydrogen) atoms. The highest BCUT2D eigenvalue weighted by molar-refractivity contribution is 7.09. The lowest BCUT2D eigenvalue weighted by Gasteiger charge is -2.11. The largest absolute Gasteiger partial charge is 0.476 e. The molecule has 7 heteroatoms. The number of nitrogens with zero attached hydrogens (tertiary/aromatic N) is 1. The van der Waals surface area contributed by atoms with Gasteiger partial charge in [-0.2, -0.15) is 0 Å². The van der Waals surface area contributed by atoms with Crippen LogP contribution < -0.4 is 10.6 Å². The summed E-state index contributed by atoms with van der Waals surface area (Å²) in [5.74, 6) is -1.13. The van der Waals surface area contributed by atoms with Gasteiger partial charge in [-0.3, -0.25) is 4.79 Å². The van der Waals surface area contributed by atoms with E-state index >= 15 is 0 Å². The summed E-state index contributed by atoms with van der Waals surface area (Å²) < 4.78 is 0. The highest BCUT2D eigenvalue weighted by atomic mass is 32.1. The zero-order valence-corrected chi connectivity index (χ0v) is 11.2. The highest BCUT2D eigenvalue weighted by Crippen LogP contribution is 2.17. The predicted molar refractivity (Wildman–Crippen MR) is 68.8 cm³/mol. The number of nitrogens with one attached hydrogen (secondary N) is 2. The Kier molecular flexibility index (Phi) is 5.73. The lowest BCUT2D eigenvalue weighted by Crippen LogP contribution is -2.29. The first kappa shape index (κ1) is 14.6. The van der Waals surface area contributed by atoms with Crippen molar-refractivity contribution < 1.29 is 14.7 Å². The number of carboxylic acids is 1. The van der Waals surface area contributed by atoms with E-state index in [1.165, 1.54) is 16.7 Å². The van der Waals surface area contributed by atoms with E-state index in [-0.39, 0.29) is 17.6 Å². The van der Waals surface area contributed by atoms with Gasteiger partial charge in [0.2, 0.25) is 5.91 Å². The number of hydrogen-bond acceptors (Lipinski definition) is 5. The third-order valence-electron chi connectivity index (χ3n) is 2.27. The molecule has 1 aromatic heterocycles. The Hall–Kier alpha value is -1.47. The molecule has 0 aliphatic heterocycles. The van der Waals surface area contributed by atoms with Gasteiger partial charge >= 0.3 is 5.97 Å². The fraction of sp³-hybridized carbons (Fsp3) is 0.545. The number of carbonyl (C=O) groups is 2. The molecule has 0 aliphatic rings. The first-order chi connectivity index (χ1) is 8.54. The number of carboxylic acid groups (broad SMARTS) is 1. The van der Waals surface area contributed by atoms with Crippen LogP contribution in [0.5, 0.6) is 0 Å². The molecule has 0 saturated carbocycles. The number of amides is 1. The van der Waals surface area contributed by atoms with Crippen LogP contribution in [0.15, 0.2) is 5.38 Å². The normalized spacial score (nSPS) is 12.1. The maximum atomic E-state index is 11.6. The van der Waals surface area contributed by atoms with Crippen LogP contribution in [0.4, 0.5) is 0 Å². The molecule has 0 saturated heterocycles. The standard InChI is InChI=1S/C11H17N3O3S/c1-3-12-5-4-9(15)13-7(2)10-14-8(6-18-10)11(16)17/h6-7,12H,3-5H2,1-2H3,(H,13,15)(H,16,17). The molecule has 1 atom stereocenters. The Morgan fingerprint density at radius 3 is 2.83 bits per heavy atom. The minimum Gasteiger partial charge on any atom is -0.476 e. The molecule has 0 fully saturated rings. The molecular formula is C11H17N3O3S. The number of rotatable bonds is 7. The van der Waals surface area contributed by atoms with Crippen molar-refractivity contribution in [2.75, 3.05) is 13.1 Å². The molecule has 0 radical (unpaired) electrons. The second-order valence-corrected chi connectivity index (χ2v) is 4.66. The summed E-state index contributed by atoms with van der Waals surface area (Å²) in [5, 5.41) is 16.7. The fourth-order valence-corrected chi connectivity index (χ4v) is 2.14. The van der Waals surface area contributed by atoms with Gasteiger partial charge in [0.1, 0.15) is 5.01 Å². The highest BCUT2D eigenvalue weighted by Gasteiger charge is 2.15. The average molecular weight is 271 g/mol. The van der Waals surface area contributed by atoms with Gasteiger partial charge in [0.25, 0.3) is 0 Å². The molecule has 1 unspecified atom stereocenters. The zero-order chi connectivity index (χ0) is 13.5. The van der Waals surface area contributed by atoms with Crippen molar-refractivity contribution in [3.8, 4) is 0 Å². The van der Waals surface area contributed by atoms with Gasteiger partial charge in [-0.25, -0.2) is 9.78 Å². The molecular weight excluding hydrogens is 254 g/mol. The summed E-state index contributed by atoms with van der Waals surface area (Å²) >= 11 is 1.23. The van der Waals surface area contributed by atoms with Crippen LogP contribution in [0.25, 0.3) is 0 Å². The van der Waals surface area contributed by atoms with Gasteiger partial charge in [0, 0.05) is 18.3 Å². The first-order valence-corrected chi connectivity index (χ1v) is 6.61. The molecule has 3 N–H and O–H groups in total. The number of thiazole rings is 1. The maximum Gasteiger partial charge on any atom is 0.355 e. The van der Waals surface area contributed by atoms with Crippen LogP contribution >= 0.6 is 11.3 Å². The monoisotopic (exact) mass is 271 g/mol. The Balaban J connectivity index is 2.46. The molecule has 0 aliphatic carbocycles. The van der Waals surface area contributed by atoms with E-state index in [0.29, 0.717) is 18.0 Å². The van der Waals surface area contributed by atoms with E-state index in [1.807, 2.05) is 6.92 Å². The Labute approximate surface area is 109 Å². The van der Waals surface area contributed by atoms with E-state index in [2.05, 4.69) is 15.6 Å². The van der Waals surface area contributed by atoms with Crippen LogP contribution in [0.3, 0.4) is 0 Å². The second kappa shape index (κ2) is 7.07. The van der Waals surface area contributed by atoms with Gasteiger partial charge in [0.05, 0.1) is 6.04 Å². The number of carbonyl (C=O) groups excluding carboxylic acids is 1. The zero-order valence-electron chi connectivity index (χ0n) is 10.4. The number of aromatic nitrogens is 1.